The normalized spacial score (nSPS) is 11.2. The summed E-state index contributed by atoms with van der Waals surface area (Å²) in [6.45, 7) is 11.9. The SMILES string of the molecule is CCCCOc1ccc(CNC(=O)C(C)(C)CCCOc2cc(C)ccc2C)cc1OC. The van der Waals surface area contributed by atoms with E-state index in [9.17, 15) is 4.79 Å². The number of unbranched alkanes of at least 4 members (excludes halogenated alkanes) is 1. The van der Waals surface area contributed by atoms with E-state index in [1.54, 1.807) is 7.11 Å². The van der Waals surface area contributed by atoms with Crippen LogP contribution in [-0.2, 0) is 11.3 Å². The average Bonchev–Trinajstić information content (AvgIpc) is 2.77. The van der Waals surface area contributed by atoms with E-state index in [2.05, 4.69) is 37.4 Å². The molecule has 0 saturated carbocycles. The Balaban J connectivity index is 1.82. The molecule has 1 N–H and O–H groups in total. The molecule has 0 aromatic heterocycles. The maximum atomic E-state index is 12.8. The monoisotopic (exact) mass is 441 g/mol. The Hall–Kier alpha value is -2.69. The van der Waals surface area contributed by atoms with E-state index in [1.807, 2.05) is 39.0 Å². The highest BCUT2D eigenvalue weighted by Crippen LogP contribution is 2.29. The van der Waals surface area contributed by atoms with E-state index in [4.69, 9.17) is 14.2 Å². The van der Waals surface area contributed by atoms with Crippen molar-refractivity contribution in [3.8, 4) is 17.2 Å². The molecule has 0 bridgehead atoms. The number of carbonyl (C=O) groups is 1. The lowest BCUT2D eigenvalue weighted by molar-refractivity contribution is -0.130. The van der Waals surface area contributed by atoms with Gasteiger partial charge in [0.15, 0.2) is 11.5 Å². The van der Waals surface area contributed by atoms with Crippen LogP contribution in [0, 0.1) is 19.3 Å². The van der Waals surface area contributed by atoms with Gasteiger partial charge in [0.1, 0.15) is 5.75 Å². The van der Waals surface area contributed by atoms with Gasteiger partial charge in [0.2, 0.25) is 5.91 Å². The van der Waals surface area contributed by atoms with Crippen LogP contribution in [0.5, 0.6) is 17.2 Å². The van der Waals surface area contributed by atoms with Crippen molar-refractivity contribution in [2.75, 3.05) is 20.3 Å². The second-order valence-corrected chi connectivity index (χ2v) is 8.97. The Morgan fingerprint density at radius 3 is 2.38 bits per heavy atom. The Labute approximate surface area is 193 Å². The molecule has 0 saturated heterocycles. The molecule has 0 radical (unpaired) electrons. The second kappa shape index (κ2) is 12.4. The molecule has 0 atom stereocenters. The summed E-state index contributed by atoms with van der Waals surface area (Å²) in [5.41, 5.74) is 2.82. The highest BCUT2D eigenvalue weighted by Gasteiger charge is 2.27. The van der Waals surface area contributed by atoms with Crippen molar-refractivity contribution in [3.05, 3.63) is 53.1 Å². The van der Waals surface area contributed by atoms with E-state index in [0.717, 1.165) is 48.3 Å². The van der Waals surface area contributed by atoms with E-state index >= 15 is 0 Å². The molecule has 0 spiro atoms. The summed E-state index contributed by atoms with van der Waals surface area (Å²) >= 11 is 0. The van der Waals surface area contributed by atoms with Gasteiger partial charge in [0, 0.05) is 12.0 Å². The number of amides is 1. The fourth-order valence-corrected chi connectivity index (χ4v) is 3.36. The lowest BCUT2D eigenvalue weighted by atomic mass is 9.87. The molecule has 32 heavy (non-hydrogen) atoms. The first-order chi connectivity index (χ1) is 15.3. The van der Waals surface area contributed by atoms with Crippen LogP contribution in [-0.4, -0.2) is 26.2 Å². The maximum Gasteiger partial charge on any atom is 0.225 e. The zero-order chi connectivity index (χ0) is 23.6. The molecule has 0 unspecified atom stereocenters. The van der Waals surface area contributed by atoms with Gasteiger partial charge in [-0.05, 0) is 68.0 Å². The lowest BCUT2D eigenvalue weighted by Crippen LogP contribution is -2.36. The Bertz CT molecular complexity index is 876. The maximum absolute atomic E-state index is 12.8. The predicted molar refractivity (Wildman–Crippen MR) is 130 cm³/mol. The molecule has 0 aliphatic heterocycles. The van der Waals surface area contributed by atoms with E-state index in [-0.39, 0.29) is 5.91 Å². The van der Waals surface area contributed by atoms with E-state index in [1.165, 1.54) is 5.56 Å². The number of hydrogen-bond donors (Lipinski definition) is 1. The summed E-state index contributed by atoms with van der Waals surface area (Å²) in [5, 5.41) is 3.06. The third kappa shape index (κ3) is 7.77. The van der Waals surface area contributed by atoms with Gasteiger partial charge in [-0.3, -0.25) is 4.79 Å². The summed E-state index contributed by atoms with van der Waals surface area (Å²) < 4.78 is 17.2. The van der Waals surface area contributed by atoms with Gasteiger partial charge in [-0.1, -0.05) is 45.4 Å². The molecule has 2 aromatic carbocycles. The van der Waals surface area contributed by atoms with Crippen molar-refractivity contribution in [2.24, 2.45) is 5.41 Å². The van der Waals surface area contributed by atoms with Gasteiger partial charge in [0.25, 0.3) is 0 Å². The molecule has 5 heteroatoms. The van der Waals surface area contributed by atoms with Crippen molar-refractivity contribution < 1.29 is 19.0 Å². The molecule has 0 aliphatic carbocycles. The van der Waals surface area contributed by atoms with Crippen LogP contribution in [0.1, 0.15) is 63.1 Å². The molecule has 2 aromatic rings. The molecular weight excluding hydrogens is 402 g/mol. The number of carbonyl (C=O) groups excluding carboxylic acids is 1. The smallest absolute Gasteiger partial charge is 0.225 e. The van der Waals surface area contributed by atoms with Crippen molar-refractivity contribution >= 4 is 5.91 Å². The van der Waals surface area contributed by atoms with E-state index in [0.29, 0.717) is 25.5 Å². The number of benzene rings is 2. The van der Waals surface area contributed by atoms with Crippen LogP contribution >= 0.6 is 0 Å². The third-order valence-corrected chi connectivity index (χ3v) is 5.60. The Kier molecular flexibility index (Phi) is 9.89. The van der Waals surface area contributed by atoms with Crippen LogP contribution in [0.2, 0.25) is 0 Å². The summed E-state index contributed by atoms with van der Waals surface area (Å²) in [6.07, 6.45) is 3.65. The molecular formula is C27H39NO4. The summed E-state index contributed by atoms with van der Waals surface area (Å²) in [5.74, 6) is 2.38. The Morgan fingerprint density at radius 2 is 1.66 bits per heavy atom. The lowest BCUT2D eigenvalue weighted by Gasteiger charge is -2.24. The fourth-order valence-electron chi connectivity index (χ4n) is 3.36. The quantitative estimate of drug-likeness (QED) is 0.388. The number of ether oxygens (including phenoxy) is 3. The number of methoxy groups -OCH3 is 1. The van der Waals surface area contributed by atoms with Crippen LogP contribution in [0.15, 0.2) is 36.4 Å². The molecule has 0 heterocycles. The van der Waals surface area contributed by atoms with Crippen LogP contribution in [0.3, 0.4) is 0 Å². The van der Waals surface area contributed by atoms with Crippen LogP contribution in [0.4, 0.5) is 0 Å². The topological polar surface area (TPSA) is 56.8 Å². The molecule has 5 nitrogen and oxygen atoms in total. The van der Waals surface area contributed by atoms with Crippen LogP contribution in [0.25, 0.3) is 0 Å². The summed E-state index contributed by atoms with van der Waals surface area (Å²) in [6, 6.07) is 12.0. The first kappa shape index (κ1) is 25.6. The summed E-state index contributed by atoms with van der Waals surface area (Å²) in [4.78, 5) is 12.8. The number of rotatable bonds is 13. The van der Waals surface area contributed by atoms with E-state index < -0.39 is 5.41 Å². The molecule has 176 valence electrons. The first-order valence-electron chi connectivity index (χ1n) is 11.5. The fraction of sp³-hybridized carbons (Fsp3) is 0.519. The molecule has 2 rings (SSSR count). The highest BCUT2D eigenvalue weighted by molar-refractivity contribution is 5.81. The highest BCUT2D eigenvalue weighted by atomic mass is 16.5. The van der Waals surface area contributed by atoms with Crippen molar-refractivity contribution in [3.63, 3.8) is 0 Å². The molecule has 1 amide bonds. The minimum atomic E-state index is -0.474. The van der Waals surface area contributed by atoms with Gasteiger partial charge in [-0.2, -0.15) is 0 Å². The first-order valence-corrected chi connectivity index (χ1v) is 11.5. The van der Waals surface area contributed by atoms with Gasteiger partial charge in [-0.25, -0.2) is 0 Å². The number of hydrogen-bond acceptors (Lipinski definition) is 4. The number of aryl methyl sites for hydroxylation is 2. The largest absolute Gasteiger partial charge is 0.493 e. The van der Waals surface area contributed by atoms with Crippen LogP contribution < -0.4 is 19.5 Å². The average molecular weight is 442 g/mol. The van der Waals surface area contributed by atoms with Crippen molar-refractivity contribution in [2.45, 2.75) is 66.8 Å². The minimum Gasteiger partial charge on any atom is -0.493 e. The van der Waals surface area contributed by atoms with Gasteiger partial charge in [0.05, 0.1) is 20.3 Å². The molecule has 0 aliphatic rings. The standard InChI is InChI=1S/C27H39NO4/c1-7-8-15-31-23-13-12-22(18-25(23)30-6)19-28-26(29)27(4,5)14-9-16-32-24-17-20(2)10-11-21(24)3/h10-13,17-18H,7-9,14-16,19H2,1-6H3,(H,28,29). The van der Waals surface area contributed by atoms with Gasteiger partial charge < -0.3 is 19.5 Å². The zero-order valence-corrected chi connectivity index (χ0v) is 20.5. The van der Waals surface area contributed by atoms with Gasteiger partial charge in [-0.15, -0.1) is 0 Å². The predicted octanol–water partition coefficient (Wildman–Crippen LogP) is 5.99. The Morgan fingerprint density at radius 1 is 0.938 bits per heavy atom. The van der Waals surface area contributed by atoms with Gasteiger partial charge >= 0.3 is 0 Å². The summed E-state index contributed by atoms with van der Waals surface area (Å²) in [7, 11) is 1.63. The minimum absolute atomic E-state index is 0.0338. The van der Waals surface area contributed by atoms with Crippen molar-refractivity contribution in [1.82, 2.24) is 5.32 Å². The van der Waals surface area contributed by atoms with Crippen molar-refractivity contribution in [1.29, 1.82) is 0 Å². The third-order valence-electron chi connectivity index (χ3n) is 5.60. The zero-order valence-electron chi connectivity index (χ0n) is 20.5. The second-order valence-electron chi connectivity index (χ2n) is 8.97. The number of nitrogens with one attached hydrogen (secondary N) is 1. The molecule has 0 fully saturated rings.